The highest BCUT2D eigenvalue weighted by Crippen LogP contribution is 2.25. The smallest absolute Gasteiger partial charge is 0.246 e. The second-order valence-electron chi connectivity index (χ2n) is 4.35. The number of hydrogen-bond donors (Lipinski definition) is 2. The monoisotopic (exact) mass is 374 g/mol. The van der Waals surface area contributed by atoms with Crippen LogP contribution in [-0.4, -0.2) is 47.0 Å². The van der Waals surface area contributed by atoms with Gasteiger partial charge in [-0.15, -0.1) is 0 Å². The predicted octanol–water partition coefficient (Wildman–Crippen LogP) is 1.13. The Balaban J connectivity index is 2.35. The lowest BCUT2D eigenvalue weighted by Gasteiger charge is -2.17. The third-order valence-corrected chi connectivity index (χ3v) is 5.00. The summed E-state index contributed by atoms with van der Waals surface area (Å²) in [5, 5.41) is 9.40. The number of sulfonamides is 1. The van der Waals surface area contributed by atoms with Crippen molar-refractivity contribution in [3.63, 3.8) is 0 Å². The maximum Gasteiger partial charge on any atom is 0.246 e. The van der Waals surface area contributed by atoms with Crippen molar-refractivity contribution in [2.75, 3.05) is 19.4 Å². The summed E-state index contributed by atoms with van der Waals surface area (Å²) in [6.45, 7) is 1.82. The fourth-order valence-electron chi connectivity index (χ4n) is 1.72. The van der Waals surface area contributed by atoms with E-state index in [-0.39, 0.29) is 17.3 Å². The predicted molar refractivity (Wildman–Crippen MR) is 81.3 cm³/mol. The summed E-state index contributed by atoms with van der Waals surface area (Å²) < 4.78 is 27.0. The van der Waals surface area contributed by atoms with E-state index in [1.165, 1.54) is 23.6 Å². The van der Waals surface area contributed by atoms with Gasteiger partial charge in [-0.3, -0.25) is 5.10 Å². The molecule has 10 heteroatoms. The number of nitrogens with zero attached hydrogens (tertiary/aromatic N) is 4. The highest BCUT2D eigenvalue weighted by molar-refractivity contribution is 9.10. The molecule has 0 fully saturated rings. The van der Waals surface area contributed by atoms with Crippen LogP contribution in [0.3, 0.4) is 0 Å². The molecule has 21 heavy (non-hydrogen) atoms. The Morgan fingerprint density at radius 3 is 2.76 bits per heavy atom. The van der Waals surface area contributed by atoms with Crippen molar-refractivity contribution in [1.29, 1.82) is 0 Å². The van der Waals surface area contributed by atoms with Gasteiger partial charge in [0.1, 0.15) is 16.5 Å². The Kier molecular flexibility index (Phi) is 4.59. The van der Waals surface area contributed by atoms with Crippen LogP contribution in [-0.2, 0) is 16.6 Å². The lowest BCUT2D eigenvalue weighted by Crippen LogP contribution is -2.28. The minimum absolute atomic E-state index is 0.0718. The van der Waals surface area contributed by atoms with Crippen molar-refractivity contribution >= 4 is 31.8 Å². The Morgan fingerprint density at radius 2 is 2.19 bits per heavy atom. The largest absolute Gasteiger partial charge is 0.372 e. The van der Waals surface area contributed by atoms with Gasteiger partial charge in [-0.05, 0) is 28.9 Å². The summed E-state index contributed by atoms with van der Waals surface area (Å²) in [5.41, 5.74) is 0. The van der Waals surface area contributed by atoms with Gasteiger partial charge in [0.25, 0.3) is 0 Å². The second-order valence-corrected chi connectivity index (χ2v) is 7.28. The number of aromatic amines is 1. The summed E-state index contributed by atoms with van der Waals surface area (Å²) in [6, 6.07) is 1.51. The molecule has 0 spiro atoms. The normalized spacial score (nSPS) is 11.9. The van der Waals surface area contributed by atoms with Crippen molar-refractivity contribution in [1.82, 2.24) is 24.5 Å². The van der Waals surface area contributed by atoms with E-state index in [1.807, 2.05) is 0 Å². The van der Waals surface area contributed by atoms with Crippen molar-refractivity contribution in [3.8, 4) is 0 Å². The standard InChI is InChI=1S/C11H15BrN6O2S/c1-7-15-10(17-16-7)6-18(3)21(19,20)9-4-8(12)5-14-11(9)13-2/h4-5H,6H2,1-3H3,(H,13,14)(H,15,16,17). The molecule has 2 heterocycles. The van der Waals surface area contributed by atoms with E-state index in [1.54, 1.807) is 14.0 Å². The Bertz CT molecular complexity index is 745. The van der Waals surface area contributed by atoms with E-state index >= 15 is 0 Å². The van der Waals surface area contributed by atoms with Crippen molar-refractivity contribution in [2.24, 2.45) is 0 Å². The molecule has 0 aliphatic heterocycles. The number of pyridine rings is 1. The number of nitrogens with one attached hydrogen (secondary N) is 2. The zero-order valence-electron chi connectivity index (χ0n) is 11.8. The molecule has 8 nitrogen and oxygen atoms in total. The molecule has 2 N–H and O–H groups in total. The van der Waals surface area contributed by atoms with Gasteiger partial charge in [-0.1, -0.05) is 0 Å². The third-order valence-electron chi connectivity index (χ3n) is 2.75. The maximum atomic E-state index is 12.6. The van der Waals surface area contributed by atoms with Gasteiger partial charge < -0.3 is 5.32 Å². The first-order valence-corrected chi connectivity index (χ1v) is 8.25. The number of rotatable bonds is 5. The molecule has 2 aromatic heterocycles. The summed E-state index contributed by atoms with van der Waals surface area (Å²) in [4.78, 5) is 8.25. The maximum absolute atomic E-state index is 12.6. The van der Waals surface area contributed by atoms with Crippen molar-refractivity contribution in [2.45, 2.75) is 18.4 Å². The molecular formula is C11H15BrN6O2S. The molecular weight excluding hydrogens is 360 g/mol. The minimum Gasteiger partial charge on any atom is -0.372 e. The van der Waals surface area contributed by atoms with Crippen LogP contribution in [0.15, 0.2) is 21.6 Å². The van der Waals surface area contributed by atoms with Crippen LogP contribution in [0, 0.1) is 6.92 Å². The topological polar surface area (TPSA) is 104 Å². The zero-order chi connectivity index (χ0) is 15.6. The van der Waals surface area contributed by atoms with Crippen LogP contribution in [0.4, 0.5) is 5.82 Å². The highest BCUT2D eigenvalue weighted by Gasteiger charge is 2.26. The Hall–Kier alpha value is -1.52. The van der Waals surface area contributed by atoms with Crippen molar-refractivity contribution < 1.29 is 8.42 Å². The molecule has 2 rings (SSSR count). The van der Waals surface area contributed by atoms with E-state index < -0.39 is 10.0 Å². The van der Waals surface area contributed by atoms with Gasteiger partial charge in [0, 0.05) is 24.8 Å². The second kappa shape index (κ2) is 6.08. The lowest BCUT2D eigenvalue weighted by molar-refractivity contribution is 0.457. The third kappa shape index (κ3) is 3.39. The molecule has 0 amide bonds. The number of halogens is 1. The van der Waals surface area contributed by atoms with E-state index in [0.29, 0.717) is 16.1 Å². The molecule has 2 aromatic rings. The van der Waals surface area contributed by atoms with Gasteiger partial charge in [0.05, 0.1) is 6.54 Å². The quantitative estimate of drug-likeness (QED) is 0.812. The lowest BCUT2D eigenvalue weighted by atomic mass is 10.4. The van der Waals surface area contributed by atoms with Crippen LogP contribution in [0.1, 0.15) is 11.6 Å². The first-order chi connectivity index (χ1) is 9.84. The first-order valence-electron chi connectivity index (χ1n) is 6.02. The SMILES string of the molecule is CNc1ncc(Br)cc1S(=O)(=O)N(C)Cc1n[nH]c(C)n1. The summed E-state index contributed by atoms with van der Waals surface area (Å²) in [6.07, 6.45) is 1.53. The number of H-pyrrole nitrogens is 1. The molecule has 0 atom stereocenters. The summed E-state index contributed by atoms with van der Waals surface area (Å²) >= 11 is 3.23. The molecule has 0 radical (unpaired) electrons. The fraction of sp³-hybridized carbons (Fsp3) is 0.364. The molecule has 0 saturated carbocycles. The van der Waals surface area contributed by atoms with Crippen LogP contribution in [0.2, 0.25) is 0 Å². The summed E-state index contributed by atoms with van der Waals surface area (Å²) in [7, 11) is -0.616. The van der Waals surface area contributed by atoms with E-state index in [9.17, 15) is 8.42 Å². The fourth-order valence-corrected chi connectivity index (χ4v) is 3.50. The number of aromatic nitrogens is 4. The number of anilines is 1. The van der Waals surface area contributed by atoms with Gasteiger partial charge >= 0.3 is 0 Å². The zero-order valence-corrected chi connectivity index (χ0v) is 14.2. The van der Waals surface area contributed by atoms with E-state index in [0.717, 1.165) is 0 Å². The van der Waals surface area contributed by atoms with E-state index in [4.69, 9.17) is 0 Å². The van der Waals surface area contributed by atoms with Gasteiger partial charge in [0.2, 0.25) is 10.0 Å². The van der Waals surface area contributed by atoms with Crippen molar-refractivity contribution in [3.05, 3.63) is 28.4 Å². The van der Waals surface area contributed by atoms with Crippen LogP contribution in [0.5, 0.6) is 0 Å². The molecule has 0 aromatic carbocycles. The Morgan fingerprint density at radius 1 is 1.48 bits per heavy atom. The first kappa shape index (κ1) is 15.9. The highest BCUT2D eigenvalue weighted by atomic mass is 79.9. The van der Waals surface area contributed by atoms with Gasteiger partial charge in [-0.25, -0.2) is 18.4 Å². The number of hydrogen-bond acceptors (Lipinski definition) is 6. The van der Waals surface area contributed by atoms with E-state index in [2.05, 4.69) is 41.4 Å². The molecule has 0 bridgehead atoms. The molecule has 0 aliphatic rings. The molecule has 114 valence electrons. The van der Waals surface area contributed by atoms with Crippen LogP contribution >= 0.6 is 15.9 Å². The molecule has 0 saturated heterocycles. The number of aryl methyl sites for hydroxylation is 1. The minimum atomic E-state index is -3.71. The molecule has 0 unspecified atom stereocenters. The average molecular weight is 375 g/mol. The average Bonchev–Trinajstić information content (AvgIpc) is 2.84. The van der Waals surface area contributed by atoms with Crippen LogP contribution < -0.4 is 5.32 Å². The van der Waals surface area contributed by atoms with Gasteiger partial charge in [0.15, 0.2) is 5.82 Å². The molecule has 0 aliphatic carbocycles. The summed E-state index contributed by atoms with van der Waals surface area (Å²) in [5.74, 6) is 1.33. The Labute approximate surface area is 131 Å². The van der Waals surface area contributed by atoms with Gasteiger partial charge in [-0.2, -0.15) is 9.40 Å². The van der Waals surface area contributed by atoms with Crippen LogP contribution in [0.25, 0.3) is 0 Å².